The number of nitrogens with zero attached hydrogens (tertiary/aromatic N) is 1. The summed E-state index contributed by atoms with van der Waals surface area (Å²) in [5, 5.41) is 0. The number of ether oxygens (including phenoxy) is 3. The largest absolute Gasteiger partial charge is 0.464 e. The van der Waals surface area contributed by atoms with E-state index in [1.807, 2.05) is 0 Å². The summed E-state index contributed by atoms with van der Waals surface area (Å²) < 4.78 is 14.9. The van der Waals surface area contributed by atoms with Crippen molar-refractivity contribution in [2.75, 3.05) is 20.8 Å². The smallest absolute Gasteiger partial charge is 0.410 e. The minimum atomic E-state index is -0.643. The summed E-state index contributed by atoms with van der Waals surface area (Å²) in [5.74, 6) is -1.41. The van der Waals surface area contributed by atoms with Crippen molar-refractivity contribution in [1.29, 1.82) is 0 Å². The number of carbonyl (C=O) groups is 4. The van der Waals surface area contributed by atoms with Crippen molar-refractivity contribution in [1.82, 2.24) is 9.88 Å². The minimum Gasteiger partial charge on any atom is -0.464 e. The highest BCUT2D eigenvalue weighted by Crippen LogP contribution is 2.23. The standard InChI is InChI=1S/C17H19BrN2O7/c1-9(21)27-11-5-4-10(20(8-11)17(24)26-3)6-14(22)15-12(18)7-13(19-15)16(23)25-2/h4-5,7,10-11,19H,6,8H2,1-3H3/t10-,11+/m1/s1. The Bertz CT molecular complexity index is 786. The summed E-state index contributed by atoms with van der Waals surface area (Å²) in [6.07, 6.45) is 1.93. The molecule has 2 heterocycles. The average molecular weight is 443 g/mol. The molecule has 9 nitrogen and oxygen atoms in total. The predicted molar refractivity (Wildman–Crippen MR) is 96.4 cm³/mol. The second-order valence-corrected chi connectivity index (χ2v) is 6.60. The quantitative estimate of drug-likeness (QED) is 0.321. The number of rotatable bonds is 5. The lowest BCUT2D eigenvalue weighted by Crippen LogP contribution is -2.48. The van der Waals surface area contributed by atoms with Gasteiger partial charge in [0.25, 0.3) is 0 Å². The van der Waals surface area contributed by atoms with Crippen molar-refractivity contribution in [3.8, 4) is 0 Å². The zero-order chi connectivity index (χ0) is 20.1. The molecule has 2 atom stereocenters. The maximum Gasteiger partial charge on any atom is 0.410 e. The molecule has 2 rings (SSSR count). The number of aromatic amines is 1. The van der Waals surface area contributed by atoms with Crippen LogP contribution in [0.2, 0.25) is 0 Å². The number of hydrogen-bond acceptors (Lipinski definition) is 7. The maximum absolute atomic E-state index is 12.7. The number of esters is 2. The SMILES string of the molecule is COC(=O)c1cc(Br)c(C(=O)C[C@H]2C=C[C@H](OC(C)=O)CN2C(=O)OC)[nH]1. The molecule has 0 aromatic carbocycles. The lowest BCUT2D eigenvalue weighted by atomic mass is 10.0. The first kappa shape index (κ1) is 20.7. The second-order valence-electron chi connectivity index (χ2n) is 5.75. The van der Waals surface area contributed by atoms with Crippen LogP contribution in [0.5, 0.6) is 0 Å². The third-order valence-electron chi connectivity index (χ3n) is 3.90. The van der Waals surface area contributed by atoms with Gasteiger partial charge in [-0.2, -0.15) is 0 Å². The zero-order valence-corrected chi connectivity index (χ0v) is 16.6. The van der Waals surface area contributed by atoms with Gasteiger partial charge < -0.3 is 19.2 Å². The fraction of sp³-hybridized carbons (Fsp3) is 0.412. The summed E-state index contributed by atoms with van der Waals surface area (Å²) in [4.78, 5) is 51.5. The number of nitrogens with one attached hydrogen (secondary N) is 1. The van der Waals surface area contributed by atoms with E-state index in [-0.39, 0.29) is 30.1 Å². The molecule has 0 saturated heterocycles. The molecule has 27 heavy (non-hydrogen) atoms. The number of H-pyrrole nitrogens is 1. The van der Waals surface area contributed by atoms with Crippen molar-refractivity contribution in [3.05, 3.63) is 34.1 Å². The van der Waals surface area contributed by atoms with Crippen LogP contribution < -0.4 is 0 Å². The molecule has 0 radical (unpaired) electrons. The van der Waals surface area contributed by atoms with Gasteiger partial charge in [-0.15, -0.1) is 0 Å². The molecule has 1 N–H and O–H groups in total. The molecule has 146 valence electrons. The first-order valence-corrected chi connectivity index (χ1v) is 8.76. The first-order chi connectivity index (χ1) is 12.8. The molecule has 0 bridgehead atoms. The van der Waals surface area contributed by atoms with E-state index in [0.29, 0.717) is 4.47 Å². The van der Waals surface area contributed by atoms with Gasteiger partial charge in [-0.25, -0.2) is 9.59 Å². The van der Waals surface area contributed by atoms with Gasteiger partial charge in [0, 0.05) is 17.8 Å². The van der Waals surface area contributed by atoms with Gasteiger partial charge >= 0.3 is 18.0 Å². The first-order valence-electron chi connectivity index (χ1n) is 7.97. The molecule has 0 aliphatic carbocycles. The monoisotopic (exact) mass is 442 g/mol. The lowest BCUT2D eigenvalue weighted by molar-refractivity contribution is -0.145. The van der Waals surface area contributed by atoms with Gasteiger partial charge in [0.05, 0.1) is 32.5 Å². The molecular weight excluding hydrogens is 424 g/mol. The number of ketones is 1. The van der Waals surface area contributed by atoms with E-state index < -0.39 is 30.2 Å². The van der Waals surface area contributed by atoms with E-state index in [4.69, 9.17) is 9.47 Å². The van der Waals surface area contributed by atoms with Gasteiger partial charge in [0.2, 0.25) is 0 Å². The van der Waals surface area contributed by atoms with E-state index in [9.17, 15) is 19.2 Å². The minimum absolute atomic E-state index is 0.0574. The molecule has 1 aromatic heterocycles. The number of Topliss-reactive ketones (excluding diaryl/α,β-unsaturated/α-hetero) is 1. The van der Waals surface area contributed by atoms with Crippen LogP contribution in [0.4, 0.5) is 4.79 Å². The van der Waals surface area contributed by atoms with Crippen molar-refractivity contribution in [2.24, 2.45) is 0 Å². The van der Waals surface area contributed by atoms with Gasteiger partial charge in [-0.1, -0.05) is 6.08 Å². The van der Waals surface area contributed by atoms with Crippen molar-refractivity contribution in [3.63, 3.8) is 0 Å². The third-order valence-corrected chi connectivity index (χ3v) is 4.53. The van der Waals surface area contributed by atoms with E-state index in [2.05, 4.69) is 25.7 Å². The van der Waals surface area contributed by atoms with E-state index in [1.165, 1.54) is 32.1 Å². The highest BCUT2D eigenvalue weighted by atomic mass is 79.9. The van der Waals surface area contributed by atoms with Gasteiger partial charge in [-0.3, -0.25) is 14.5 Å². The van der Waals surface area contributed by atoms with Gasteiger partial charge in [0.15, 0.2) is 5.78 Å². The molecule has 1 amide bonds. The molecule has 1 aliphatic rings. The molecule has 10 heteroatoms. The Morgan fingerprint density at radius 2 is 1.93 bits per heavy atom. The van der Waals surface area contributed by atoms with E-state index in [1.54, 1.807) is 12.2 Å². The van der Waals surface area contributed by atoms with Crippen molar-refractivity contribution >= 4 is 39.7 Å². The lowest BCUT2D eigenvalue weighted by Gasteiger charge is -2.34. The van der Waals surface area contributed by atoms with Crippen molar-refractivity contribution in [2.45, 2.75) is 25.5 Å². The summed E-state index contributed by atoms with van der Waals surface area (Å²) in [6, 6.07) is 0.860. The number of halogens is 1. The van der Waals surface area contributed by atoms with Crippen LogP contribution in [0, 0.1) is 0 Å². The van der Waals surface area contributed by atoms with E-state index in [0.717, 1.165) is 0 Å². The molecule has 1 aliphatic heterocycles. The Morgan fingerprint density at radius 3 is 2.52 bits per heavy atom. The normalized spacial score (nSPS) is 18.7. The second kappa shape index (κ2) is 8.85. The molecule has 0 spiro atoms. The highest BCUT2D eigenvalue weighted by molar-refractivity contribution is 9.10. The van der Waals surface area contributed by atoms with E-state index >= 15 is 0 Å². The van der Waals surface area contributed by atoms with Crippen molar-refractivity contribution < 1.29 is 33.4 Å². The van der Waals surface area contributed by atoms with Crippen LogP contribution in [0.1, 0.15) is 34.3 Å². The summed E-state index contributed by atoms with van der Waals surface area (Å²) in [6.45, 7) is 1.34. The third kappa shape index (κ3) is 4.97. The topological polar surface area (TPSA) is 115 Å². The summed E-state index contributed by atoms with van der Waals surface area (Å²) in [7, 11) is 2.46. The fourth-order valence-corrected chi connectivity index (χ4v) is 3.23. The van der Waals surface area contributed by atoms with Crippen LogP contribution in [0.25, 0.3) is 0 Å². The van der Waals surface area contributed by atoms with Crippen LogP contribution >= 0.6 is 15.9 Å². The van der Waals surface area contributed by atoms with Crippen LogP contribution in [0.3, 0.4) is 0 Å². The zero-order valence-electron chi connectivity index (χ0n) is 15.0. The van der Waals surface area contributed by atoms with Gasteiger partial charge in [0.1, 0.15) is 11.8 Å². The Labute approximate surface area is 163 Å². The molecule has 0 saturated carbocycles. The average Bonchev–Trinajstić information content (AvgIpc) is 3.03. The number of amides is 1. The Balaban J connectivity index is 2.19. The van der Waals surface area contributed by atoms with Crippen LogP contribution in [-0.4, -0.2) is 66.6 Å². The molecule has 1 aromatic rings. The molecule has 0 fully saturated rings. The Morgan fingerprint density at radius 1 is 1.22 bits per heavy atom. The Kier molecular flexibility index (Phi) is 6.78. The Hall–Kier alpha value is -2.62. The summed E-state index contributed by atoms with van der Waals surface area (Å²) in [5.41, 5.74) is 0.322. The number of methoxy groups -OCH3 is 2. The molecular formula is C17H19BrN2O7. The number of carbonyl (C=O) groups excluding carboxylic acids is 4. The highest BCUT2D eigenvalue weighted by Gasteiger charge is 2.32. The number of hydrogen-bond donors (Lipinski definition) is 1. The maximum atomic E-state index is 12.7. The van der Waals surface area contributed by atoms with Gasteiger partial charge in [-0.05, 0) is 28.1 Å². The molecule has 0 unspecified atom stereocenters. The predicted octanol–water partition coefficient (Wildman–Crippen LogP) is 2.08. The fourth-order valence-electron chi connectivity index (χ4n) is 2.69. The number of aromatic nitrogens is 1. The van der Waals surface area contributed by atoms with Crippen LogP contribution in [-0.2, 0) is 19.0 Å². The summed E-state index contributed by atoms with van der Waals surface area (Å²) >= 11 is 3.23. The van der Waals surface area contributed by atoms with Crippen LogP contribution in [0.15, 0.2) is 22.7 Å².